The highest BCUT2D eigenvalue weighted by atomic mass is 16.2. The van der Waals surface area contributed by atoms with E-state index >= 15 is 0 Å². The average molecular weight is 368 g/mol. The molecule has 0 bridgehead atoms. The Bertz CT molecular complexity index is 869. The maximum Gasteiger partial charge on any atom is 0.256 e. The van der Waals surface area contributed by atoms with Crippen LogP contribution < -0.4 is 5.32 Å². The van der Waals surface area contributed by atoms with E-state index in [0.717, 1.165) is 18.4 Å². The lowest BCUT2D eigenvalue weighted by Gasteiger charge is -2.21. The molecule has 1 aromatic carbocycles. The van der Waals surface area contributed by atoms with Gasteiger partial charge in [0.05, 0.1) is 18.8 Å². The van der Waals surface area contributed by atoms with E-state index in [2.05, 4.69) is 10.4 Å². The zero-order chi connectivity index (χ0) is 19.6. The smallest absolute Gasteiger partial charge is 0.256 e. The fraction of sp³-hybridized carbons (Fsp3) is 0.400. The van der Waals surface area contributed by atoms with Crippen LogP contribution in [0.5, 0.6) is 0 Å². The van der Waals surface area contributed by atoms with Crippen LogP contribution in [0.4, 0.5) is 5.82 Å². The molecule has 0 radical (unpaired) electrons. The van der Waals surface area contributed by atoms with Crippen molar-refractivity contribution in [1.29, 1.82) is 0 Å². The number of aromatic nitrogens is 2. The molecular weight excluding hydrogens is 344 g/mol. The van der Waals surface area contributed by atoms with E-state index in [1.807, 2.05) is 19.9 Å². The molecule has 0 saturated carbocycles. The zero-order valence-electron chi connectivity index (χ0n) is 15.9. The number of fused-ring (bicyclic) bond motifs is 1. The summed E-state index contributed by atoms with van der Waals surface area (Å²) in [7, 11) is 0. The third-order valence-electron chi connectivity index (χ3n) is 4.99. The molecule has 1 aliphatic rings. The zero-order valence-corrected chi connectivity index (χ0v) is 15.9. The van der Waals surface area contributed by atoms with Crippen molar-refractivity contribution in [3.8, 4) is 0 Å². The summed E-state index contributed by atoms with van der Waals surface area (Å²) < 4.78 is 1.29. The lowest BCUT2D eigenvalue weighted by Crippen LogP contribution is -2.32. The third-order valence-corrected chi connectivity index (χ3v) is 4.99. The summed E-state index contributed by atoms with van der Waals surface area (Å²) in [5.74, 6) is -0.157. The molecule has 2 heterocycles. The Balaban J connectivity index is 1.87. The quantitative estimate of drug-likeness (QED) is 0.879. The number of nitrogens with one attached hydrogen (secondary N) is 1. The molecule has 1 aliphatic heterocycles. The van der Waals surface area contributed by atoms with Crippen molar-refractivity contribution in [2.24, 2.45) is 5.92 Å². The average Bonchev–Trinajstić information content (AvgIpc) is 3.23. The molecule has 0 atom stereocenters. The van der Waals surface area contributed by atoms with Crippen LogP contribution in [0.25, 0.3) is 0 Å². The Labute approximate surface area is 158 Å². The molecule has 1 N–H and O–H groups in total. The number of amides is 2. The van der Waals surface area contributed by atoms with Crippen molar-refractivity contribution in [2.45, 2.75) is 46.7 Å². The maximum atomic E-state index is 12.7. The van der Waals surface area contributed by atoms with Crippen molar-refractivity contribution in [1.82, 2.24) is 14.7 Å². The molecule has 3 rings (SSSR count). The number of hydrogen-bond acceptors (Lipinski definition) is 4. The molecule has 0 spiro atoms. The van der Waals surface area contributed by atoms with Crippen molar-refractivity contribution in [2.75, 3.05) is 5.32 Å². The second-order valence-corrected chi connectivity index (χ2v) is 6.73. The fourth-order valence-corrected chi connectivity index (χ4v) is 3.42. The molecule has 0 aliphatic carbocycles. The van der Waals surface area contributed by atoms with Crippen LogP contribution in [0.1, 0.15) is 60.0 Å². The molecule has 0 saturated heterocycles. The highest BCUT2D eigenvalue weighted by molar-refractivity contribution is 6.04. The number of benzene rings is 1. The van der Waals surface area contributed by atoms with E-state index in [1.54, 1.807) is 29.2 Å². The molecule has 7 heteroatoms. The second kappa shape index (κ2) is 7.73. The van der Waals surface area contributed by atoms with Crippen LogP contribution in [0.15, 0.2) is 30.3 Å². The number of carbonyl (C=O) groups is 3. The molecule has 7 nitrogen and oxygen atoms in total. The first-order valence-corrected chi connectivity index (χ1v) is 9.23. The summed E-state index contributed by atoms with van der Waals surface area (Å²) in [5, 5.41) is 7.06. The van der Waals surface area contributed by atoms with E-state index < -0.39 is 0 Å². The van der Waals surface area contributed by atoms with Gasteiger partial charge in [-0.3, -0.25) is 14.4 Å². The van der Waals surface area contributed by atoms with E-state index in [1.165, 1.54) is 11.6 Å². The van der Waals surface area contributed by atoms with Crippen LogP contribution in [0, 0.1) is 5.92 Å². The van der Waals surface area contributed by atoms with Crippen molar-refractivity contribution in [3.05, 3.63) is 47.2 Å². The lowest BCUT2D eigenvalue weighted by molar-refractivity contribution is -0.136. The van der Waals surface area contributed by atoms with Crippen LogP contribution in [0.3, 0.4) is 0 Å². The van der Waals surface area contributed by atoms with Gasteiger partial charge in [-0.2, -0.15) is 0 Å². The third kappa shape index (κ3) is 3.63. The molecule has 1 aromatic heterocycles. The van der Waals surface area contributed by atoms with Gasteiger partial charge in [0, 0.05) is 24.0 Å². The van der Waals surface area contributed by atoms with E-state index in [9.17, 15) is 14.4 Å². The van der Waals surface area contributed by atoms with Crippen LogP contribution in [-0.4, -0.2) is 32.4 Å². The maximum absolute atomic E-state index is 12.7. The predicted molar refractivity (Wildman–Crippen MR) is 101 cm³/mol. The minimum atomic E-state index is -0.295. The molecule has 0 fully saturated rings. The van der Waals surface area contributed by atoms with Gasteiger partial charge in [0.25, 0.3) is 5.91 Å². The van der Waals surface area contributed by atoms with Crippen molar-refractivity contribution < 1.29 is 14.4 Å². The lowest BCUT2D eigenvalue weighted by atomic mass is 10.0. The number of rotatable bonds is 5. The van der Waals surface area contributed by atoms with Crippen LogP contribution in [-0.2, 0) is 17.9 Å². The summed E-state index contributed by atoms with van der Waals surface area (Å²) in [6.07, 6.45) is 1.55. The normalized spacial score (nSPS) is 13.0. The van der Waals surface area contributed by atoms with Gasteiger partial charge in [0.15, 0.2) is 5.82 Å². The first-order valence-electron chi connectivity index (χ1n) is 9.23. The predicted octanol–water partition coefficient (Wildman–Crippen LogP) is 3.07. The molecule has 27 heavy (non-hydrogen) atoms. The molecule has 142 valence electrons. The first-order chi connectivity index (χ1) is 13.0. The second-order valence-electron chi connectivity index (χ2n) is 6.73. The van der Waals surface area contributed by atoms with Crippen molar-refractivity contribution in [3.63, 3.8) is 0 Å². The number of anilines is 1. The summed E-state index contributed by atoms with van der Waals surface area (Å²) >= 11 is 0. The monoisotopic (exact) mass is 368 g/mol. The Morgan fingerprint density at radius 3 is 2.37 bits per heavy atom. The van der Waals surface area contributed by atoms with E-state index in [-0.39, 0.29) is 23.6 Å². The van der Waals surface area contributed by atoms with Gasteiger partial charge < -0.3 is 10.2 Å². The highest BCUT2D eigenvalue weighted by Crippen LogP contribution is 2.31. The molecule has 2 aromatic rings. The van der Waals surface area contributed by atoms with Gasteiger partial charge in [-0.05, 0) is 25.0 Å². The van der Waals surface area contributed by atoms with E-state index in [4.69, 9.17) is 0 Å². The van der Waals surface area contributed by atoms with E-state index in [0.29, 0.717) is 30.2 Å². The summed E-state index contributed by atoms with van der Waals surface area (Å²) in [6.45, 7) is 6.10. The number of hydrogen-bond donors (Lipinski definition) is 1. The Kier molecular flexibility index (Phi) is 5.39. The number of nitrogens with zero attached hydrogens (tertiary/aromatic N) is 3. The molecule has 0 unspecified atom stereocenters. The highest BCUT2D eigenvalue weighted by Gasteiger charge is 2.34. The summed E-state index contributed by atoms with van der Waals surface area (Å²) in [4.78, 5) is 38.9. The topological polar surface area (TPSA) is 84.3 Å². The van der Waals surface area contributed by atoms with Crippen LogP contribution >= 0.6 is 0 Å². The fourth-order valence-electron chi connectivity index (χ4n) is 3.42. The Morgan fingerprint density at radius 2 is 1.78 bits per heavy atom. The minimum absolute atomic E-state index is 0.0323. The first kappa shape index (κ1) is 18.8. The van der Waals surface area contributed by atoms with Gasteiger partial charge in [-0.25, -0.2) is 4.68 Å². The van der Waals surface area contributed by atoms with Gasteiger partial charge in [0.2, 0.25) is 11.8 Å². The minimum Gasteiger partial charge on any atom is -0.332 e. The van der Waals surface area contributed by atoms with Gasteiger partial charge in [0.1, 0.15) is 0 Å². The summed E-state index contributed by atoms with van der Waals surface area (Å²) in [6, 6.07) is 8.81. The Hall–Kier alpha value is -2.96. The Morgan fingerprint density at radius 1 is 1.11 bits per heavy atom. The largest absolute Gasteiger partial charge is 0.332 e. The van der Waals surface area contributed by atoms with Gasteiger partial charge >= 0.3 is 0 Å². The summed E-state index contributed by atoms with van der Waals surface area (Å²) in [5.41, 5.74) is 1.91. The SMILES string of the molecule is CCC(CC)C(=O)N1Cc2c(NC(=O)c3ccccc3)nn(C(C)=O)c2C1. The van der Waals surface area contributed by atoms with Gasteiger partial charge in [-0.1, -0.05) is 32.0 Å². The van der Waals surface area contributed by atoms with Crippen molar-refractivity contribution >= 4 is 23.5 Å². The standard InChI is InChI=1S/C20H24N4O3/c1-4-14(5-2)20(27)23-11-16-17(12-23)24(13(3)25)22-18(16)21-19(26)15-9-7-6-8-10-15/h6-10,14H,4-5,11-12H2,1-3H3,(H,21,22,26). The van der Waals surface area contributed by atoms with Gasteiger partial charge in [-0.15, -0.1) is 5.10 Å². The molecule has 2 amide bonds. The van der Waals surface area contributed by atoms with Crippen LogP contribution in [0.2, 0.25) is 0 Å². The molecular formula is C20H24N4O3. The number of carbonyl (C=O) groups excluding carboxylic acids is 3.